The number of ether oxygens (including phenoxy) is 3. The van der Waals surface area contributed by atoms with Gasteiger partial charge in [-0.25, -0.2) is 9.78 Å². The Kier molecular flexibility index (Phi) is 7.54. The summed E-state index contributed by atoms with van der Waals surface area (Å²) in [6.07, 6.45) is 4.54. The number of fused-ring (bicyclic) bond motifs is 1. The van der Waals surface area contributed by atoms with Crippen LogP contribution in [-0.2, 0) is 20.8 Å². The number of thiophene rings is 1. The van der Waals surface area contributed by atoms with Crippen LogP contribution in [0.5, 0.6) is 5.75 Å². The lowest BCUT2D eigenvalue weighted by Crippen LogP contribution is -2.51. The van der Waals surface area contributed by atoms with E-state index in [2.05, 4.69) is 4.98 Å². The van der Waals surface area contributed by atoms with Gasteiger partial charge in [-0.05, 0) is 44.7 Å². The fourth-order valence-electron chi connectivity index (χ4n) is 6.14. The number of hydrogen-bond acceptors (Lipinski definition) is 9. The molecule has 11 nitrogen and oxygen atoms in total. The first-order valence-electron chi connectivity index (χ1n) is 14.0. The molecule has 2 aliphatic rings. The van der Waals surface area contributed by atoms with Crippen LogP contribution >= 0.6 is 11.3 Å². The average Bonchev–Trinajstić information content (AvgIpc) is 3.62. The number of carboxylic acid groups (broad SMARTS) is 1. The van der Waals surface area contributed by atoms with E-state index < -0.39 is 28.7 Å². The highest BCUT2D eigenvalue weighted by Crippen LogP contribution is 2.48. The highest BCUT2D eigenvalue weighted by atomic mass is 32.1. The second kappa shape index (κ2) is 11.2. The molecule has 1 aliphatic carbocycles. The molecule has 3 aromatic heterocycles. The molecule has 4 aromatic rings. The molecule has 0 bridgehead atoms. The van der Waals surface area contributed by atoms with Gasteiger partial charge < -0.3 is 23.7 Å². The molecule has 222 valence electrons. The molecule has 2 atom stereocenters. The van der Waals surface area contributed by atoms with Crippen molar-refractivity contribution < 1.29 is 28.5 Å². The summed E-state index contributed by atoms with van der Waals surface area (Å²) in [5, 5.41) is 10.0. The van der Waals surface area contributed by atoms with E-state index in [0.29, 0.717) is 39.6 Å². The lowest BCUT2D eigenvalue weighted by atomic mass is 9.67. The Bertz CT molecular complexity index is 1730. The Hall–Kier alpha value is -3.74. The molecule has 1 N–H and O–H groups in total. The van der Waals surface area contributed by atoms with Crippen LogP contribution < -0.4 is 16.0 Å². The quantitative estimate of drug-likeness (QED) is 0.295. The summed E-state index contributed by atoms with van der Waals surface area (Å²) in [6, 6.07) is 7.28. The summed E-state index contributed by atoms with van der Waals surface area (Å²) in [4.78, 5) is 44.8. The van der Waals surface area contributed by atoms with Crippen molar-refractivity contribution in [2.75, 3.05) is 20.3 Å². The van der Waals surface area contributed by atoms with E-state index in [1.54, 1.807) is 18.6 Å². The number of aliphatic carboxylic acids is 1. The molecule has 0 spiro atoms. The molecule has 1 saturated carbocycles. The van der Waals surface area contributed by atoms with Gasteiger partial charge in [-0.1, -0.05) is 18.2 Å². The molecule has 0 radical (unpaired) electrons. The normalized spacial score (nSPS) is 24.0. The van der Waals surface area contributed by atoms with Crippen LogP contribution in [-0.4, -0.2) is 51.6 Å². The maximum atomic E-state index is 13.9. The minimum Gasteiger partial charge on any atom is -0.496 e. The molecule has 4 heterocycles. The van der Waals surface area contributed by atoms with Crippen molar-refractivity contribution in [3.05, 3.63) is 68.7 Å². The van der Waals surface area contributed by atoms with Gasteiger partial charge in [0.1, 0.15) is 16.8 Å². The number of carbonyl (C=O) groups is 1. The van der Waals surface area contributed by atoms with E-state index >= 15 is 0 Å². The standard InChI is InChI=1S/C30H33N3O8S/c1-17-23-26(34)33(18-15-30(2,16-18)28(35)36)29(37)32(27(23)42-24(17)25-31-9-12-41-25)10-13-39-19-8-11-40-22(14-19)20-6-4-5-7-21(20)38-3/h4-7,9,12,18-19,22H,8,10-11,13-16H2,1-3H3,(H,35,36)/t18?,19-,22-,30?/m1/s1. The molecular weight excluding hydrogens is 562 g/mol. The van der Waals surface area contributed by atoms with E-state index in [1.807, 2.05) is 31.2 Å². The molecule has 42 heavy (non-hydrogen) atoms. The van der Waals surface area contributed by atoms with E-state index in [0.717, 1.165) is 17.7 Å². The molecule has 1 aliphatic heterocycles. The predicted molar refractivity (Wildman–Crippen MR) is 155 cm³/mol. The Labute approximate surface area is 245 Å². The van der Waals surface area contributed by atoms with E-state index in [1.165, 1.54) is 28.4 Å². The van der Waals surface area contributed by atoms with Gasteiger partial charge in [0.05, 0.1) is 54.3 Å². The van der Waals surface area contributed by atoms with Crippen LogP contribution in [0.2, 0.25) is 0 Å². The Morgan fingerprint density at radius 1 is 1.26 bits per heavy atom. The van der Waals surface area contributed by atoms with Gasteiger partial charge >= 0.3 is 11.7 Å². The number of aromatic nitrogens is 3. The van der Waals surface area contributed by atoms with Crippen molar-refractivity contribution in [2.45, 2.75) is 64.3 Å². The molecule has 12 heteroatoms. The highest BCUT2D eigenvalue weighted by molar-refractivity contribution is 7.22. The highest BCUT2D eigenvalue weighted by Gasteiger charge is 2.48. The molecular formula is C30H33N3O8S. The van der Waals surface area contributed by atoms with Gasteiger partial charge in [0.25, 0.3) is 5.56 Å². The predicted octanol–water partition coefficient (Wildman–Crippen LogP) is 4.56. The summed E-state index contributed by atoms with van der Waals surface area (Å²) >= 11 is 1.28. The molecule has 0 unspecified atom stereocenters. The molecule has 2 fully saturated rings. The van der Waals surface area contributed by atoms with Gasteiger partial charge in [0, 0.05) is 24.6 Å². The van der Waals surface area contributed by atoms with Crippen LogP contribution in [0.3, 0.4) is 0 Å². The van der Waals surface area contributed by atoms with Crippen molar-refractivity contribution >= 4 is 27.5 Å². The lowest BCUT2D eigenvalue weighted by Gasteiger charge is -2.42. The molecule has 1 aromatic carbocycles. The minimum atomic E-state index is -0.965. The van der Waals surface area contributed by atoms with E-state index in [4.69, 9.17) is 18.6 Å². The van der Waals surface area contributed by atoms with Crippen LogP contribution in [0.4, 0.5) is 0 Å². The fraction of sp³-hybridized carbons (Fsp3) is 0.467. The van der Waals surface area contributed by atoms with Crippen LogP contribution in [0, 0.1) is 12.3 Å². The number of rotatable bonds is 9. The number of aryl methyl sites for hydroxylation is 1. The second-order valence-corrected chi connectivity index (χ2v) is 12.2. The topological polar surface area (TPSA) is 135 Å². The van der Waals surface area contributed by atoms with Crippen molar-refractivity contribution in [1.82, 2.24) is 14.1 Å². The summed E-state index contributed by atoms with van der Waals surface area (Å²) in [7, 11) is 1.64. The number of oxazole rings is 1. The first kappa shape index (κ1) is 28.4. The van der Waals surface area contributed by atoms with Crippen molar-refractivity contribution in [1.29, 1.82) is 0 Å². The van der Waals surface area contributed by atoms with E-state index in [-0.39, 0.29) is 38.2 Å². The van der Waals surface area contributed by atoms with Crippen LogP contribution in [0.15, 0.2) is 50.7 Å². The monoisotopic (exact) mass is 595 g/mol. The summed E-state index contributed by atoms with van der Waals surface area (Å²) < 4.78 is 26.2. The third-order valence-corrected chi connectivity index (χ3v) is 9.82. The molecule has 6 rings (SSSR count). The van der Waals surface area contributed by atoms with E-state index in [9.17, 15) is 19.5 Å². The first-order valence-corrected chi connectivity index (χ1v) is 14.8. The molecule has 1 saturated heterocycles. The van der Waals surface area contributed by atoms with Gasteiger partial charge in [0.2, 0.25) is 5.89 Å². The number of hydrogen-bond donors (Lipinski definition) is 1. The number of carboxylic acids is 1. The van der Waals surface area contributed by atoms with Gasteiger partial charge in [-0.15, -0.1) is 11.3 Å². The summed E-state index contributed by atoms with van der Waals surface area (Å²) in [6.45, 7) is 4.47. The molecule has 0 amide bonds. The Morgan fingerprint density at radius 3 is 2.76 bits per heavy atom. The number of nitrogens with zero attached hydrogens (tertiary/aromatic N) is 3. The van der Waals surface area contributed by atoms with Crippen molar-refractivity contribution in [3.8, 4) is 16.5 Å². The average molecular weight is 596 g/mol. The van der Waals surface area contributed by atoms with Gasteiger partial charge in [-0.3, -0.25) is 18.7 Å². The smallest absolute Gasteiger partial charge is 0.332 e. The van der Waals surface area contributed by atoms with Gasteiger partial charge in [0.15, 0.2) is 0 Å². The third kappa shape index (κ3) is 4.87. The zero-order valence-electron chi connectivity index (χ0n) is 23.7. The number of benzene rings is 1. The SMILES string of the molecule is COc1ccccc1[C@H]1C[C@H](OCCn2c(=O)n(C3CC(C)(C(=O)O)C3)c(=O)c3c(C)c(-c4ncco4)sc32)CCO1. The Morgan fingerprint density at radius 2 is 2.05 bits per heavy atom. The van der Waals surface area contributed by atoms with Crippen LogP contribution in [0.1, 0.15) is 55.9 Å². The Balaban J connectivity index is 1.29. The lowest BCUT2D eigenvalue weighted by molar-refractivity contribution is -0.155. The van der Waals surface area contributed by atoms with Crippen LogP contribution in [0.25, 0.3) is 21.0 Å². The maximum Gasteiger partial charge on any atom is 0.332 e. The second-order valence-electron chi connectivity index (χ2n) is 11.2. The van der Waals surface area contributed by atoms with Crippen molar-refractivity contribution in [2.24, 2.45) is 5.41 Å². The zero-order valence-corrected chi connectivity index (χ0v) is 24.5. The maximum absolute atomic E-state index is 13.9. The third-order valence-electron chi connectivity index (χ3n) is 8.51. The van der Waals surface area contributed by atoms with Gasteiger partial charge in [-0.2, -0.15) is 0 Å². The largest absolute Gasteiger partial charge is 0.496 e. The minimum absolute atomic E-state index is 0.0818. The zero-order chi connectivity index (χ0) is 29.6. The van der Waals surface area contributed by atoms with Crippen molar-refractivity contribution in [3.63, 3.8) is 0 Å². The summed E-state index contributed by atoms with van der Waals surface area (Å²) in [5.74, 6) is 0.216. The number of methoxy groups -OCH3 is 1. The fourth-order valence-corrected chi connectivity index (χ4v) is 7.40. The summed E-state index contributed by atoms with van der Waals surface area (Å²) in [5.41, 5.74) is -0.198. The first-order chi connectivity index (χ1) is 20.2. The number of para-hydroxylation sites is 1.